The number of ether oxygens (including phenoxy) is 2. The Morgan fingerprint density at radius 3 is 2.63 bits per heavy atom. The van der Waals surface area contributed by atoms with Gasteiger partial charge in [-0.15, -0.1) is 0 Å². The summed E-state index contributed by atoms with van der Waals surface area (Å²) < 4.78 is 11.2. The molecule has 2 N–H and O–H groups in total. The first-order valence-electron chi connectivity index (χ1n) is 10.3. The summed E-state index contributed by atoms with van der Waals surface area (Å²) >= 11 is 0. The van der Waals surface area contributed by atoms with E-state index >= 15 is 0 Å². The molecule has 1 saturated heterocycles. The highest BCUT2D eigenvalue weighted by molar-refractivity contribution is 5.74. The second-order valence-electron chi connectivity index (χ2n) is 7.56. The molecular weight excluding hydrogens is 342 g/mol. The second-order valence-corrected chi connectivity index (χ2v) is 7.56. The number of nitrogens with zero attached hydrogens (tertiary/aromatic N) is 1. The van der Waals surface area contributed by atoms with Gasteiger partial charge in [0.15, 0.2) is 11.5 Å². The minimum absolute atomic E-state index is 0.0953. The molecule has 0 bridgehead atoms. The monoisotopic (exact) mass is 375 g/mol. The quantitative estimate of drug-likeness (QED) is 0.650. The van der Waals surface area contributed by atoms with Crippen LogP contribution in [0, 0.1) is 0 Å². The van der Waals surface area contributed by atoms with E-state index in [0.717, 1.165) is 56.1 Å². The summed E-state index contributed by atoms with van der Waals surface area (Å²) in [6, 6.07) is 6.82. The number of amides is 2. The number of nitrogens with one attached hydrogen (secondary N) is 2. The highest BCUT2D eigenvalue weighted by Gasteiger charge is 2.32. The van der Waals surface area contributed by atoms with Gasteiger partial charge in [-0.05, 0) is 49.8 Å². The molecule has 27 heavy (non-hydrogen) atoms. The Bertz CT molecular complexity index is 611. The van der Waals surface area contributed by atoms with E-state index in [1.165, 1.54) is 12.8 Å². The molecule has 1 aliphatic carbocycles. The van der Waals surface area contributed by atoms with Gasteiger partial charge in [-0.3, -0.25) is 0 Å². The molecule has 0 spiro atoms. The lowest BCUT2D eigenvalue weighted by Crippen LogP contribution is -2.48. The number of unbranched alkanes of at least 4 members (excludes halogenated alkanes) is 1. The standard InChI is InChI=1S/C21H33N3O3/c1-3-4-13-27-19-8-5-16(14-20(19)26-2)15-22-21(25)23-17-9-11-24(12-10-17)18-6-7-18/h5,8,14,17-18H,3-4,6-7,9-13,15H2,1-2H3,(H2,22,23,25). The fourth-order valence-corrected chi connectivity index (χ4v) is 3.54. The molecule has 1 aromatic rings. The van der Waals surface area contributed by atoms with E-state index < -0.39 is 0 Å². The normalized spacial score (nSPS) is 18.1. The van der Waals surface area contributed by atoms with E-state index in [1.807, 2.05) is 18.2 Å². The number of likely N-dealkylation sites (tertiary alicyclic amines) is 1. The van der Waals surface area contributed by atoms with Crippen molar-refractivity contribution in [2.75, 3.05) is 26.8 Å². The molecule has 2 amide bonds. The molecule has 1 aliphatic heterocycles. The fraction of sp³-hybridized carbons (Fsp3) is 0.667. The third-order valence-corrected chi connectivity index (χ3v) is 5.36. The average Bonchev–Trinajstić information content (AvgIpc) is 3.53. The Kier molecular flexibility index (Phi) is 7.21. The maximum Gasteiger partial charge on any atom is 0.315 e. The summed E-state index contributed by atoms with van der Waals surface area (Å²) in [5.41, 5.74) is 0.994. The van der Waals surface area contributed by atoms with Crippen LogP contribution in [0.3, 0.4) is 0 Å². The molecule has 2 fully saturated rings. The van der Waals surface area contributed by atoms with Crippen molar-refractivity contribution in [2.45, 2.75) is 64.1 Å². The van der Waals surface area contributed by atoms with Crippen molar-refractivity contribution >= 4 is 6.03 Å². The van der Waals surface area contributed by atoms with Gasteiger partial charge >= 0.3 is 6.03 Å². The van der Waals surface area contributed by atoms with Gasteiger partial charge in [0.1, 0.15) is 0 Å². The molecule has 1 saturated carbocycles. The number of rotatable bonds is 9. The summed E-state index contributed by atoms with van der Waals surface area (Å²) in [7, 11) is 1.64. The molecule has 0 unspecified atom stereocenters. The van der Waals surface area contributed by atoms with Gasteiger partial charge in [-0.1, -0.05) is 19.4 Å². The van der Waals surface area contributed by atoms with Gasteiger partial charge in [0.2, 0.25) is 0 Å². The third kappa shape index (κ3) is 6.03. The maximum atomic E-state index is 12.2. The number of hydrogen-bond acceptors (Lipinski definition) is 4. The molecule has 6 nitrogen and oxygen atoms in total. The first-order valence-corrected chi connectivity index (χ1v) is 10.3. The molecule has 1 heterocycles. The second kappa shape index (κ2) is 9.83. The average molecular weight is 376 g/mol. The van der Waals surface area contributed by atoms with Crippen LogP contribution in [0.1, 0.15) is 51.0 Å². The highest BCUT2D eigenvalue weighted by Crippen LogP contribution is 2.29. The number of hydrogen-bond donors (Lipinski definition) is 2. The third-order valence-electron chi connectivity index (χ3n) is 5.36. The molecule has 1 aromatic carbocycles. The molecule has 3 rings (SSSR count). The number of methoxy groups -OCH3 is 1. The van der Waals surface area contributed by atoms with E-state index in [4.69, 9.17) is 9.47 Å². The van der Waals surface area contributed by atoms with Gasteiger partial charge in [-0.25, -0.2) is 4.79 Å². The largest absolute Gasteiger partial charge is 0.493 e. The minimum Gasteiger partial charge on any atom is -0.493 e. The lowest BCUT2D eigenvalue weighted by molar-refractivity contribution is 0.186. The van der Waals surface area contributed by atoms with Crippen LogP contribution in [0.2, 0.25) is 0 Å². The van der Waals surface area contributed by atoms with Crippen LogP contribution in [-0.4, -0.2) is 49.8 Å². The van der Waals surface area contributed by atoms with Gasteiger partial charge in [0, 0.05) is 31.7 Å². The number of carbonyl (C=O) groups is 1. The Morgan fingerprint density at radius 2 is 1.96 bits per heavy atom. The van der Waals surface area contributed by atoms with E-state index in [1.54, 1.807) is 7.11 Å². The maximum absolute atomic E-state index is 12.2. The highest BCUT2D eigenvalue weighted by atomic mass is 16.5. The van der Waals surface area contributed by atoms with Crippen molar-refractivity contribution in [2.24, 2.45) is 0 Å². The van der Waals surface area contributed by atoms with Crippen molar-refractivity contribution in [3.63, 3.8) is 0 Å². The van der Waals surface area contributed by atoms with E-state index in [-0.39, 0.29) is 12.1 Å². The molecule has 2 aliphatic rings. The molecule has 0 aromatic heterocycles. The van der Waals surface area contributed by atoms with Crippen LogP contribution in [0.4, 0.5) is 4.79 Å². The Hall–Kier alpha value is -1.95. The predicted octanol–water partition coefficient (Wildman–Crippen LogP) is 3.30. The van der Waals surface area contributed by atoms with E-state index in [2.05, 4.69) is 22.5 Å². The zero-order valence-corrected chi connectivity index (χ0v) is 16.6. The van der Waals surface area contributed by atoms with Gasteiger partial charge in [0.05, 0.1) is 13.7 Å². The lowest BCUT2D eigenvalue weighted by Gasteiger charge is -2.32. The summed E-state index contributed by atoms with van der Waals surface area (Å²) in [5, 5.41) is 6.07. The Labute approximate surface area is 162 Å². The lowest BCUT2D eigenvalue weighted by atomic mass is 10.1. The van der Waals surface area contributed by atoms with Crippen LogP contribution in [0.15, 0.2) is 18.2 Å². The fourth-order valence-electron chi connectivity index (χ4n) is 3.54. The summed E-state index contributed by atoms with van der Waals surface area (Å²) in [6.45, 7) is 5.50. The first-order chi connectivity index (χ1) is 13.2. The molecule has 6 heteroatoms. The van der Waals surface area contributed by atoms with Crippen molar-refractivity contribution in [3.05, 3.63) is 23.8 Å². The molecule has 0 radical (unpaired) electrons. The van der Waals surface area contributed by atoms with Crippen LogP contribution in [-0.2, 0) is 6.54 Å². The SMILES string of the molecule is CCCCOc1ccc(CNC(=O)NC2CCN(C3CC3)CC2)cc1OC. The van der Waals surface area contributed by atoms with Crippen LogP contribution in [0.25, 0.3) is 0 Å². The van der Waals surface area contributed by atoms with Crippen LogP contribution in [0.5, 0.6) is 11.5 Å². The van der Waals surface area contributed by atoms with Crippen molar-refractivity contribution in [1.82, 2.24) is 15.5 Å². The predicted molar refractivity (Wildman–Crippen MR) is 106 cm³/mol. The molecule has 150 valence electrons. The van der Waals surface area contributed by atoms with Gasteiger partial charge < -0.3 is 25.0 Å². The zero-order valence-electron chi connectivity index (χ0n) is 16.6. The number of piperidine rings is 1. The summed E-state index contributed by atoms with van der Waals surface area (Å²) in [4.78, 5) is 14.8. The zero-order chi connectivity index (χ0) is 19.1. The van der Waals surface area contributed by atoms with Crippen LogP contribution >= 0.6 is 0 Å². The van der Waals surface area contributed by atoms with Crippen molar-refractivity contribution < 1.29 is 14.3 Å². The molecule has 0 atom stereocenters. The van der Waals surface area contributed by atoms with Crippen LogP contribution < -0.4 is 20.1 Å². The summed E-state index contributed by atoms with van der Waals surface area (Å²) in [5.74, 6) is 1.46. The first kappa shape index (κ1) is 19.8. The van der Waals surface area contributed by atoms with E-state index in [9.17, 15) is 4.79 Å². The Morgan fingerprint density at radius 1 is 1.19 bits per heavy atom. The molecular formula is C21H33N3O3. The smallest absolute Gasteiger partial charge is 0.315 e. The topological polar surface area (TPSA) is 62.8 Å². The minimum atomic E-state index is -0.0953. The Balaban J connectivity index is 1.41. The number of benzene rings is 1. The number of carbonyl (C=O) groups excluding carboxylic acids is 1. The van der Waals surface area contributed by atoms with Crippen molar-refractivity contribution in [1.29, 1.82) is 0 Å². The van der Waals surface area contributed by atoms with E-state index in [0.29, 0.717) is 18.9 Å². The van der Waals surface area contributed by atoms with Gasteiger partial charge in [-0.2, -0.15) is 0 Å². The number of urea groups is 1. The van der Waals surface area contributed by atoms with Gasteiger partial charge in [0.25, 0.3) is 0 Å². The summed E-state index contributed by atoms with van der Waals surface area (Å²) in [6.07, 6.45) is 6.91. The van der Waals surface area contributed by atoms with Crippen molar-refractivity contribution in [3.8, 4) is 11.5 Å².